The van der Waals surface area contributed by atoms with Gasteiger partial charge < -0.3 is 23.7 Å². The van der Waals surface area contributed by atoms with E-state index in [9.17, 15) is 27.6 Å². The van der Waals surface area contributed by atoms with Gasteiger partial charge in [-0.25, -0.2) is 8.42 Å². The summed E-state index contributed by atoms with van der Waals surface area (Å²) in [6, 6.07) is 0. The average Bonchev–Trinajstić information content (AvgIpc) is 3.85. The Balaban J connectivity index is 2.38. The van der Waals surface area contributed by atoms with E-state index in [2.05, 4.69) is 27.7 Å². The third-order valence-corrected chi connectivity index (χ3v) is 18.1. The monoisotopic (exact) mass is 1070 g/mol. The molecular formula is C60H110O11S2. The molecule has 0 N–H and O–H groups in total. The molecule has 7 atom stereocenters. The zero-order valence-electron chi connectivity index (χ0n) is 47.5. The van der Waals surface area contributed by atoms with Crippen LogP contribution in [0.5, 0.6) is 0 Å². The fourth-order valence-corrected chi connectivity index (χ4v) is 13.2. The van der Waals surface area contributed by atoms with Crippen molar-refractivity contribution in [2.75, 3.05) is 12.9 Å². The first-order chi connectivity index (χ1) is 35.4. The lowest BCUT2D eigenvalue weighted by molar-refractivity contribution is -0.239. The summed E-state index contributed by atoms with van der Waals surface area (Å²) in [6.07, 6.45) is 38.4. The minimum absolute atomic E-state index is 0.151. The summed E-state index contributed by atoms with van der Waals surface area (Å²) in [7, 11) is -3.29. The van der Waals surface area contributed by atoms with E-state index in [0.29, 0.717) is 44.9 Å². The second kappa shape index (κ2) is 44.2. The molecule has 1 saturated heterocycles. The first-order valence-corrected chi connectivity index (χ1v) is 33.6. The molecule has 0 bridgehead atoms. The summed E-state index contributed by atoms with van der Waals surface area (Å²) in [5.41, 5.74) is -0.908. The van der Waals surface area contributed by atoms with Gasteiger partial charge in [0, 0.05) is 37.2 Å². The minimum Gasteiger partial charge on any atom is -0.463 e. The first kappa shape index (κ1) is 67.3. The Morgan fingerprint density at radius 2 is 0.740 bits per heavy atom. The average molecular weight is 1070 g/mol. The van der Waals surface area contributed by atoms with Crippen molar-refractivity contribution in [3.63, 3.8) is 0 Å². The maximum atomic E-state index is 14.0. The lowest BCUT2D eigenvalue weighted by Gasteiger charge is -2.45. The summed E-state index contributed by atoms with van der Waals surface area (Å²) < 4.78 is 57.2. The molecule has 2 rings (SSSR count). The van der Waals surface area contributed by atoms with Crippen LogP contribution < -0.4 is 0 Å². The Morgan fingerprint density at radius 3 is 1.08 bits per heavy atom. The number of carbonyl (C=O) groups is 4. The number of thioether (sulfide) groups is 1. The minimum atomic E-state index is -3.29. The van der Waals surface area contributed by atoms with Crippen molar-refractivity contribution in [1.29, 1.82) is 0 Å². The van der Waals surface area contributed by atoms with E-state index in [1.807, 2.05) is 0 Å². The Hall–Kier alpha value is -1.86. The van der Waals surface area contributed by atoms with E-state index in [-0.39, 0.29) is 43.5 Å². The van der Waals surface area contributed by atoms with E-state index in [0.717, 1.165) is 77.0 Å². The quantitative estimate of drug-likeness (QED) is 0.0324. The maximum Gasteiger partial charge on any atom is 0.306 e. The zero-order chi connectivity index (χ0) is 53.2. The summed E-state index contributed by atoms with van der Waals surface area (Å²) >= 11 is 1.38. The SMILES string of the molecule is CCCCCCCCCCCC(=O)OC[C@H]1O[C@@H](SC2CCC(S(C)(=O)=O)C2)[C@H](OC(=O)CCCCCCCCCCC)[C@@H](OC(=O)CCCCCCCCCCC)[C@H]1OC(=O)CCCCCCCCCCC. The van der Waals surface area contributed by atoms with Crippen LogP contribution in [0.1, 0.15) is 304 Å². The molecule has 2 fully saturated rings. The predicted octanol–water partition coefficient (Wildman–Crippen LogP) is 16.4. The van der Waals surface area contributed by atoms with Gasteiger partial charge in [-0.1, -0.05) is 233 Å². The molecule has 73 heavy (non-hydrogen) atoms. The molecule has 0 aromatic heterocycles. The highest BCUT2D eigenvalue weighted by Gasteiger charge is 2.54. The number of hydrogen-bond donors (Lipinski definition) is 0. The molecule has 0 spiro atoms. The summed E-state index contributed by atoms with van der Waals surface area (Å²) in [6.45, 7) is 8.63. The third kappa shape index (κ3) is 33.8. The zero-order valence-corrected chi connectivity index (χ0v) is 49.1. The Morgan fingerprint density at radius 1 is 0.425 bits per heavy atom. The molecule has 0 radical (unpaired) electrons. The maximum absolute atomic E-state index is 14.0. The van der Waals surface area contributed by atoms with E-state index < -0.39 is 62.8 Å². The molecule has 2 aliphatic rings. The van der Waals surface area contributed by atoms with E-state index >= 15 is 0 Å². The van der Waals surface area contributed by atoms with Crippen LogP contribution in [0.25, 0.3) is 0 Å². The fraction of sp³-hybridized carbons (Fsp3) is 0.933. The molecule has 0 aromatic rings. The molecule has 428 valence electrons. The number of unbranched alkanes of at least 4 members (excludes halogenated alkanes) is 32. The lowest BCUT2D eigenvalue weighted by Crippen LogP contribution is -2.62. The summed E-state index contributed by atoms with van der Waals surface area (Å²) in [4.78, 5) is 55.2. The highest BCUT2D eigenvalue weighted by Crippen LogP contribution is 2.42. The van der Waals surface area contributed by atoms with Crippen LogP contribution in [0.3, 0.4) is 0 Å². The Kier molecular flexibility index (Phi) is 40.7. The molecule has 0 aromatic carbocycles. The van der Waals surface area contributed by atoms with Gasteiger partial charge in [-0.2, -0.15) is 0 Å². The number of carbonyl (C=O) groups excluding carboxylic acids is 4. The van der Waals surface area contributed by atoms with Crippen LogP contribution in [0.4, 0.5) is 0 Å². The van der Waals surface area contributed by atoms with E-state index in [1.165, 1.54) is 146 Å². The van der Waals surface area contributed by atoms with Gasteiger partial charge in [0.15, 0.2) is 18.3 Å². The first-order valence-electron chi connectivity index (χ1n) is 30.7. The smallest absolute Gasteiger partial charge is 0.306 e. The standard InChI is InChI=1S/C60H110O11S2/c1-6-10-14-18-22-26-30-34-38-42-53(61)67-49-52-57(69-54(62)43-39-35-31-27-23-19-15-11-7-2)58(70-55(63)44-40-36-32-28-24-20-16-12-8-3)59(60(68-52)72-50-46-47-51(48-50)73(5,65)66)71-56(64)45-41-37-33-29-25-21-17-13-9-4/h50-52,57-60H,6-49H2,1-5H3/t50?,51?,52-,57+,58+,59-,60+/m1/s1. The van der Waals surface area contributed by atoms with Crippen molar-refractivity contribution in [3.05, 3.63) is 0 Å². The summed E-state index contributed by atoms with van der Waals surface area (Å²) in [5.74, 6) is -1.78. The third-order valence-electron chi connectivity index (χ3n) is 15.0. The largest absolute Gasteiger partial charge is 0.463 e. The number of sulfone groups is 1. The van der Waals surface area contributed by atoms with Gasteiger partial charge in [0.2, 0.25) is 0 Å². The van der Waals surface area contributed by atoms with Crippen LogP contribution in [-0.4, -0.2) is 85.5 Å². The molecule has 2 unspecified atom stereocenters. The van der Waals surface area contributed by atoms with Gasteiger partial charge in [-0.05, 0) is 44.9 Å². The fourth-order valence-electron chi connectivity index (χ4n) is 10.3. The Bertz CT molecular complexity index is 1510. The van der Waals surface area contributed by atoms with Crippen molar-refractivity contribution < 1.29 is 51.3 Å². The second-order valence-electron chi connectivity index (χ2n) is 21.9. The van der Waals surface area contributed by atoms with Gasteiger partial charge in [-0.3, -0.25) is 19.2 Å². The van der Waals surface area contributed by atoms with E-state index in [4.69, 9.17) is 23.7 Å². The van der Waals surface area contributed by atoms with Crippen LogP contribution in [0.2, 0.25) is 0 Å². The number of hydrogen-bond acceptors (Lipinski definition) is 12. The second-order valence-corrected chi connectivity index (χ2v) is 25.7. The van der Waals surface area contributed by atoms with Gasteiger partial charge in [0.25, 0.3) is 0 Å². The van der Waals surface area contributed by atoms with Crippen molar-refractivity contribution in [2.45, 2.75) is 344 Å². The Labute approximate surface area is 451 Å². The molecule has 1 saturated carbocycles. The highest BCUT2D eigenvalue weighted by atomic mass is 32.2. The number of esters is 4. The molecule has 1 heterocycles. The van der Waals surface area contributed by atoms with Crippen molar-refractivity contribution in [2.24, 2.45) is 0 Å². The van der Waals surface area contributed by atoms with Crippen LogP contribution in [0.15, 0.2) is 0 Å². The van der Waals surface area contributed by atoms with Gasteiger partial charge in [0.1, 0.15) is 28.0 Å². The lowest BCUT2D eigenvalue weighted by atomic mass is 9.98. The highest BCUT2D eigenvalue weighted by molar-refractivity contribution is 8.00. The van der Waals surface area contributed by atoms with Crippen molar-refractivity contribution in [3.8, 4) is 0 Å². The van der Waals surface area contributed by atoms with Crippen LogP contribution in [0, 0.1) is 0 Å². The summed E-state index contributed by atoms with van der Waals surface area (Å²) in [5, 5.41) is -0.652. The number of rotatable bonds is 48. The van der Waals surface area contributed by atoms with Crippen LogP contribution >= 0.6 is 11.8 Å². The molecular weight excluding hydrogens is 961 g/mol. The van der Waals surface area contributed by atoms with E-state index in [1.54, 1.807) is 0 Å². The van der Waals surface area contributed by atoms with Gasteiger partial charge in [-0.15, -0.1) is 11.8 Å². The molecule has 11 nitrogen and oxygen atoms in total. The van der Waals surface area contributed by atoms with Gasteiger partial charge in [0.05, 0.1) is 5.25 Å². The van der Waals surface area contributed by atoms with Crippen molar-refractivity contribution in [1.82, 2.24) is 0 Å². The predicted molar refractivity (Wildman–Crippen MR) is 300 cm³/mol. The normalized spacial score (nSPS) is 21.0. The van der Waals surface area contributed by atoms with Crippen molar-refractivity contribution >= 4 is 45.5 Å². The molecule has 1 aliphatic carbocycles. The number of ether oxygens (including phenoxy) is 5. The molecule has 13 heteroatoms. The topological polar surface area (TPSA) is 149 Å². The van der Waals surface area contributed by atoms with Gasteiger partial charge >= 0.3 is 23.9 Å². The molecule has 0 amide bonds. The van der Waals surface area contributed by atoms with Crippen LogP contribution in [-0.2, 0) is 52.7 Å². The molecule has 1 aliphatic heterocycles.